The number of hydrogen-bond acceptors (Lipinski definition) is 6. The van der Waals surface area contributed by atoms with Crippen LogP contribution in [-0.2, 0) is 11.3 Å². The summed E-state index contributed by atoms with van der Waals surface area (Å²) in [6, 6.07) is 7.27. The molecular formula is C22H26N4O3. The predicted molar refractivity (Wildman–Crippen MR) is 111 cm³/mol. The van der Waals surface area contributed by atoms with Gasteiger partial charge in [-0.15, -0.1) is 0 Å². The number of pyridine rings is 2. The normalized spacial score (nSPS) is 15.7. The molecule has 7 heteroatoms. The van der Waals surface area contributed by atoms with Crippen molar-refractivity contribution in [3.05, 3.63) is 71.1 Å². The Morgan fingerprint density at radius 2 is 2.21 bits per heavy atom. The van der Waals surface area contributed by atoms with Gasteiger partial charge in [0.15, 0.2) is 0 Å². The van der Waals surface area contributed by atoms with Gasteiger partial charge in [-0.25, -0.2) is 9.97 Å². The van der Waals surface area contributed by atoms with Gasteiger partial charge in [0.2, 0.25) is 5.88 Å². The molecule has 0 saturated carbocycles. The third-order valence-electron chi connectivity index (χ3n) is 4.57. The second-order valence-corrected chi connectivity index (χ2v) is 6.97. The molecule has 0 saturated heterocycles. The smallest absolute Gasteiger partial charge is 0.255 e. The van der Waals surface area contributed by atoms with Gasteiger partial charge in [-0.05, 0) is 42.7 Å². The van der Waals surface area contributed by atoms with E-state index in [0.717, 1.165) is 17.6 Å². The number of rotatable bonds is 8. The van der Waals surface area contributed by atoms with Crippen LogP contribution in [0.2, 0.25) is 0 Å². The first-order valence-electron chi connectivity index (χ1n) is 9.50. The molecule has 1 unspecified atom stereocenters. The fraction of sp³-hybridized carbons (Fsp3) is 0.318. The molecule has 0 bridgehead atoms. The van der Waals surface area contributed by atoms with Gasteiger partial charge in [0.1, 0.15) is 5.82 Å². The Morgan fingerprint density at radius 1 is 1.34 bits per heavy atom. The molecule has 3 N–H and O–H groups in total. The molecule has 3 rings (SSSR count). The summed E-state index contributed by atoms with van der Waals surface area (Å²) < 4.78 is 10.8. The zero-order valence-corrected chi connectivity index (χ0v) is 16.7. The Kier molecular flexibility index (Phi) is 6.97. The lowest BCUT2D eigenvalue weighted by Crippen LogP contribution is -2.27. The van der Waals surface area contributed by atoms with Gasteiger partial charge in [0.05, 0.1) is 24.5 Å². The number of nitrogens with one attached hydrogen (secondary N) is 1. The number of aromatic nitrogens is 2. The molecule has 2 aromatic rings. The van der Waals surface area contributed by atoms with Crippen molar-refractivity contribution in [1.82, 2.24) is 15.3 Å². The van der Waals surface area contributed by atoms with Crippen LogP contribution in [0.1, 0.15) is 28.0 Å². The minimum atomic E-state index is -0.246. The third kappa shape index (κ3) is 5.89. The number of aryl methyl sites for hydroxylation is 1. The highest BCUT2D eigenvalue weighted by Gasteiger charge is 2.14. The monoisotopic (exact) mass is 394 g/mol. The Balaban J connectivity index is 1.46. The molecule has 0 fully saturated rings. The molecule has 1 atom stereocenters. The number of carbonyl (C=O) groups is 1. The number of carbonyl (C=O) groups excluding carboxylic acids is 1. The molecular weight excluding hydrogens is 368 g/mol. The largest absolute Gasteiger partial charge is 0.477 e. The highest BCUT2D eigenvalue weighted by Crippen LogP contribution is 2.18. The van der Waals surface area contributed by atoms with Gasteiger partial charge in [-0.1, -0.05) is 18.2 Å². The first-order valence-corrected chi connectivity index (χ1v) is 9.50. The van der Waals surface area contributed by atoms with Crippen molar-refractivity contribution in [2.24, 2.45) is 5.92 Å². The molecule has 1 aliphatic carbocycles. The summed E-state index contributed by atoms with van der Waals surface area (Å²) >= 11 is 0. The van der Waals surface area contributed by atoms with E-state index in [2.05, 4.69) is 27.4 Å². The molecule has 0 radical (unpaired) electrons. The van der Waals surface area contributed by atoms with Crippen molar-refractivity contribution < 1.29 is 14.3 Å². The maximum Gasteiger partial charge on any atom is 0.255 e. The summed E-state index contributed by atoms with van der Waals surface area (Å²) in [5.41, 5.74) is 9.12. The second kappa shape index (κ2) is 9.84. The Labute approximate surface area is 170 Å². The van der Waals surface area contributed by atoms with E-state index in [0.29, 0.717) is 36.9 Å². The lowest BCUT2D eigenvalue weighted by atomic mass is 9.97. The number of ether oxygens (including phenoxy) is 2. The molecule has 1 amide bonds. The molecule has 1 aliphatic rings. The van der Waals surface area contributed by atoms with Crippen LogP contribution in [0.3, 0.4) is 0 Å². The van der Waals surface area contributed by atoms with Gasteiger partial charge < -0.3 is 20.5 Å². The zero-order chi connectivity index (χ0) is 20.6. The molecule has 29 heavy (non-hydrogen) atoms. The van der Waals surface area contributed by atoms with Crippen molar-refractivity contribution >= 4 is 11.7 Å². The quantitative estimate of drug-likeness (QED) is 0.714. The number of allylic oxidation sites excluding steroid dienone is 1. The first-order chi connectivity index (χ1) is 14.0. The van der Waals surface area contributed by atoms with Crippen molar-refractivity contribution in [2.45, 2.75) is 20.0 Å². The molecule has 0 aliphatic heterocycles. The van der Waals surface area contributed by atoms with Crippen LogP contribution in [0.5, 0.6) is 5.88 Å². The van der Waals surface area contributed by atoms with Gasteiger partial charge >= 0.3 is 0 Å². The minimum Gasteiger partial charge on any atom is -0.477 e. The SMILES string of the molecule is COCc1ccc(C(=O)NCC2=CCC(COc3cc(C)ccn3)C=C2)c(N)n1. The van der Waals surface area contributed by atoms with E-state index in [9.17, 15) is 4.79 Å². The Morgan fingerprint density at radius 3 is 2.90 bits per heavy atom. The Hall–Kier alpha value is -3.19. The number of nitrogen functional groups attached to an aromatic ring is 1. The zero-order valence-electron chi connectivity index (χ0n) is 16.7. The van der Waals surface area contributed by atoms with Crippen LogP contribution in [0.25, 0.3) is 0 Å². The summed E-state index contributed by atoms with van der Waals surface area (Å²) in [6.07, 6.45) is 8.83. The van der Waals surface area contributed by atoms with Crippen molar-refractivity contribution in [2.75, 3.05) is 26.0 Å². The number of nitrogens with two attached hydrogens (primary N) is 1. The summed E-state index contributed by atoms with van der Waals surface area (Å²) in [5.74, 6) is 0.879. The van der Waals surface area contributed by atoms with Crippen LogP contribution in [-0.4, -0.2) is 36.1 Å². The maximum absolute atomic E-state index is 12.4. The molecule has 2 heterocycles. The summed E-state index contributed by atoms with van der Waals surface area (Å²) in [7, 11) is 1.58. The Bertz CT molecular complexity index is 924. The van der Waals surface area contributed by atoms with E-state index < -0.39 is 0 Å². The molecule has 152 valence electrons. The van der Waals surface area contributed by atoms with Crippen molar-refractivity contribution in [1.29, 1.82) is 0 Å². The fourth-order valence-corrected chi connectivity index (χ4v) is 2.96. The highest BCUT2D eigenvalue weighted by molar-refractivity contribution is 5.98. The van der Waals surface area contributed by atoms with Crippen LogP contribution < -0.4 is 15.8 Å². The maximum atomic E-state index is 12.4. The van der Waals surface area contributed by atoms with E-state index in [4.69, 9.17) is 15.2 Å². The molecule has 0 spiro atoms. The molecule has 7 nitrogen and oxygen atoms in total. The van der Waals surface area contributed by atoms with Gasteiger partial charge in [-0.3, -0.25) is 4.79 Å². The fourth-order valence-electron chi connectivity index (χ4n) is 2.96. The number of hydrogen-bond donors (Lipinski definition) is 2. The summed E-state index contributed by atoms with van der Waals surface area (Å²) in [4.78, 5) is 20.8. The van der Waals surface area contributed by atoms with E-state index in [1.807, 2.05) is 25.1 Å². The lowest BCUT2D eigenvalue weighted by Gasteiger charge is -2.17. The number of anilines is 1. The van der Waals surface area contributed by atoms with E-state index in [1.165, 1.54) is 0 Å². The second-order valence-electron chi connectivity index (χ2n) is 6.97. The lowest BCUT2D eigenvalue weighted by molar-refractivity contribution is 0.0957. The molecule has 0 aromatic carbocycles. The number of methoxy groups -OCH3 is 1. The van der Waals surface area contributed by atoms with Crippen LogP contribution >= 0.6 is 0 Å². The van der Waals surface area contributed by atoms with Gasteiger partial charge in [0, 0.05) is 31.8 Å². The average Bonchev–Trinajstić information content (AvgIpc) is 2.72. The van der Waals surface area contributed by atoms with Crippen LogP contribution in [0.4, 0.5) is 5.82 Å². The van der Waals surface area contributed by atoms with Crippen LogP contribution in [0.15, 0.2) is 54.3 Å². The average molecular weight is 394 g/mol. The van der Waals surface area contributed by atoms with E-state index in [-0.39, 0.29) is 17.6 Å². The summed E-state index contributed by atoms with van der Waals surface area (Å²) in [6.45, 7) is 3.37. The van der Waals surface area contributed by atoms with Crippen molar-refractivity contribution in [3.63, 3.8) is 0 Å². The third-order valence-corrected chi connectivity index (χ3v) is 4.57. The first kappa shape index (κ1) is 20.5. The minimum absolute atomic E-state index is 0.201. The van der Waals surface area contributed by atoms with Gasteiger partial charge in [-0.2, -0.15) is 0 Å². The topological polar surface area (TPSA) is 99.4 Å². The number of nitrogens with zero attached hydrogens (tertiary/aromatic N) is 2. The van der Waals surface area contributed by atoms with E-state index >= 15 is 0 Å². The van der Waals surface area contributed by atoms with E-state index in [1.54, 1.807) is 25.4 Å². The predicted octanol–water partition coefficient (Wildman–Crippen LogP) is 2.82. The number of amides is 1. The standard InChI is InChI=1S/C22H26N4O3/c1-15-9-10-24-20(11-15)29-13-17-5-3-16(4-6-17)12-25-22(27)19-8-7-18(14-28-2)26-21(19)23/h3-5,7-11,17H,6,12-14H2,1-2H3,(H2,23,26)(H,25,27). The molecule has 2 aromatic heterocycles. The van der Waals surface area contributed by atoms with Crippen LogP contribution in [0, 0.1) is 12.8 Å². The highest BCUT2D eigenvalue weighted by atomic mass is 16.5. The summed E-state index contributed by atoms with van der Waals surface area (Å²) in [5, 5.41) is 2.89. The van der Waals surface area contributed by atoms with Crippen molar-refractivity contribution in [3.8, 4) is 5.88 Å². The van der Waals surface area contributed by atoms with Gasteiger partial charge in [0.25, 0.3) is 5.91 Å².